The lowest BCUT2D eigenvalue weighted by Crippen LogP contribution is -2.46. The third-order valence-corrected chi connectivity index (χ3v) is 10.5. The molecule has 0 bridgehead atoms. The third-order valence-electron chi connectivity index (χ3n) is 10.5. The summed E-state index contributed by atoms with van der Waals surface area (Å²) >= 11 is 0. The molecule has 5 aliphatic rings. The molecule has 7 atom stereocenters. The van der Waals surface area contributed by atoms with Crippen LogP contribution in [-0.4, -0.2) is 50.0 Å². The van der Waals surface area contributed by atoms with Crippen molar-refractivity contribution in [2.75, 3.05) is 33.0 Å². The molecule has 0 N–H and O–H groups in total. The molecule has 2 saturated heterocycles. The van der Waals surface area contributed by atoms with E-state index in [2.05, 4.69) is 24.8 Å². The predicted octanol–water partition coefficient (Wildman–Crippen LogP) is 6.35. The van der Waals surface area contributed by atoms with Crippen molar-refractivity contribution in [2.45, 2.75) is 58.0 Å². The van der Waals surface area contributed by atoms with Gasteiger partial charge in [-0.05, 0) is 79.3 Å². The van der Waals surface area contributed by atoms with Crippen molar-refractivity contribution in [1.29, 1.82) is 0 Å². The maximum absolute atomic E-state index is 13.7. The summed E-state index contributed by atoms with van der Waals surface area (Å²) in [6, 6.07) is 12.6. The molecule has 2 aromatic carbocycles. The van der Waals surface area contributed by atoms with Crippen LogP contribution in [0.25, 0.3) is 0 Å². The highest BCUT2D eigenvalue weighted by Gasteiger charge is 2.52. The Morgan fingerprint density at radius 1 is 1.10 bits per heavy atom. The third kappa shape index (κ3) is 5.11. The lowest BCUT2D eigenvalue weighted by molar-refractivity contribution is -0.145. The van der Waals surface area contributed by atoms with E-state index in [1.165, 1.54) is 19.3 Å². The van der Waals surface area contributed by atoms with Gasteiger partial charge >= 0.3 is 5.97 Å². The van der Waals surface area contributed by atoms with E-state index in [0.717, 1.165) is 43.0 Å². The molecule has 3 fully saturated rings. The minimum Gasteiger partial charge on any atom is -0.493 e. The maximum Gasteiger partial charge on any atom is 0.311 e. The molecule has 41 heavy (non-hydrogen) atoms. The number of hydrogen-bond acceptors (Lipinski definition) is 6. The van der Waals surface area contributed by atoms with Gasteiger partial charge in [0.05, 0.1) is 12.5 Å². The van der Waals surface area contributed by atoms with E-state index in [4.69, 9.17) is 18.9 Å². The molecule has 2 aliphatic carbocycles. The van der Waals surface area contributed by atoms with Crippen molar-refractivity contribution in [3.63, 3.8) is 0 Å². The molecule has 218 valence electrons. The summed E-state index contributed by atoms with van der Waals surface area (Å²) in [5, 5.41) is 0. The molecule has 7 heteroatoms. The van der Waals surface area contributed by atoms with Gasteiger partial charge in [-0.15, -0.1) is 0 Å². The first kappa shape index (κ1) is 26.8. The highest BCUT2D eigenvalue weighted by atomic mass is 19.1. The van der Waals surface area contributed by atoms with Crippen molar-refractivity contribution < 1.29 is 28.1 Å². The van der Waals surface area contributed by atoms with Gasteiger partial charge in [0.15, 0.2) is 11.5 Å². The van der Waals surface area contributed by atoms with Crippen LogP contribution in [-0.2, 0) is 9.53 Å². The summed E-state index contributed by atoms with van der Waals surface area (Å²) in [4.78, 5) is 15.7. The number of likely N-dealkylation sites (tertiary alicyclic amines) is 1. The fourth-order valence-electron chi connectivity index (χ4n) is 8.30. The zero-order valence-corrected chi connectivity index (χ0v) is 24.0. The van der Waals surface area contributed by atoms with Crippen molar-refractivity contribution in [3.05, 3.63) is 65.5 Å². The molecule has 2 aromatic rings. The van der Waals surface area contributed by atoms with E-state index in [9.17, 15) is 9.18 Å². The molecular formula is C34H40FNO5. The van der Waals surface area contributed by atoms with Crippen LogP contribution in [0.1, 0.15) is 57.4 Å². The van der Waals surface area contributed by atoms with Gasteiger partial charge in [-0.2, -0.15) is 0 Å². The number of nitrogens with zero attached hydrogens (tertiary/aromatic N) is 1. The van der Waals surface area contributed by atoms with Gasteiger partial charge in [0.2, 0.25) is 6.79 Å². The number of ether oxygens (including phenoxy) is 4. The normalized spacial score (nSPS) is 34.4. The minimum absolute atomic E-state index is 0.00607. The summed E-state index contributed by atoms with van der Waals surface area (Å²) in [5.41, 5.74) is 2.85. The molecule has 1 saturated carbocycles. The Morgan fingerprint density at radius 3 is 2.78 bits per heavy atom. The SMILES string of the molecule is C[C@H]1CCC[C@]2(C)C[C@H]3OC(=O)[C@H](CN4CC[C@@H](c5ccc(F)cc5)[C@H](COc5ccc6c(c5)OCO6)C4)[C@H]3C=C12. The lowest BCUT2D eigenvalue weighted by Gasteiger charge is -2.46. The summed E-state index contributed by atoms with van der Waals surface area (Å²) in [6.45, 7) is 7.85. The molecule has 0 spiro atoms. The number of benzene rings is 2. The highest BCUT2D eigenvalue weighted by Crippen LogP contribution is 2.54. The summed E-state index contributed by atoms with van der Waals surface area (Å²) in [7, 11) is 0. The van der Waals surface area contributed by atoms with Crippen LogP contribution in [0.3, 0.4) is 0 Å². The van der Waals surface area contributed by atoms with Gasteiger partial charge in [-0.25, -0.2) is 4.39 Å². The van der Waals surface area contributed by atoms with E-state index < -0.39 is 0 Å². The lowest BCUT2D eigenvalue weighted by atomic mass is 9.59. The van der Waals surface area contributed by atoms with Gasteiger partial charge in [-0.1, -0.05) is 44.1 Å². The molecule has 3 aliphatic heterocycles. The zero-order chi connectivity index (χ0) is 28.1. The monoisotopic (exact) mass is 561 g/mol. The summed E-state index contributed by atoms with van der Waals surface area (Å²) < 4.78 is 37.1. The van der Waals surface area contributed by atoms with Gasteiger partial charge in [-0.3, -0.25) is 4.79 Å². The van der Waals surface area contributed by atoms with Gasteiger partial charge in [0.25, 0.3) is 0 Å². The fourth-order valence-corrected chi connectivity index (χ4v) is 8.30. The van der Waals surface area contributed by atoms with Crippen molar-refractivity contribution in [3.8, 4) is 17.2 Å². The Labute approximate surface area is 241 Å². The molecule has 0 aromatic heterocycles. The van der Waals surface area contributed by atoms with Crippen LogP contribution in [0, 0.1) is 34.9 Å². The Hall–Kier alpha value is -3.06. The molecule has 3 heterocycles. The van der Waals surface area contributed by atoms with Crippen molar-refractivity contribution in [1.82, 2.24) is 4.90 Å². The van der Waals surface area contributed by atoms with Crippen LogP contribution in [0.2, 0.25) is 0 Å². The van der Waals surface area contributed by atoms with Crippen LogP contribution in [0.15, 0.2) is 54.1 Å². The standard InChI is InChI=1S/C34H40FNO5/c1-21-4-3-12-34(2)16-32-27(15-29(21)34)28(33(37)41-32)18-36-13-11-26(22-5-7-24(35)8-6-22)23(17-36)19-38-25-9-10-30-31(14-25)40-20-39-30/h5-10,14-15,21,23,26-28,32H,3-4,11-13,16-20H2,1-2H3/t21-,23-,26-,27+,28+,32+,34+/m0/s1. The first-order valence-corrected chi connectivity index (χ1v) is 15.3. The number of fused-ring (bicyclic) bond motifs is 3. The quantitative estimate of drug-likeness (QED) is 0.303. The molecule has 7 rings (SSSR count). The van der Waals surface area contributed by atoms with E-state index in [1.54, 1.807) is 17.7 Å². The van der Waals surface area contributed by atoms with Crippen LogP contribution in [0.5, 0.6) is 17.2 Å². The Balaban J connectivity index is 1.08. The average molecular weight is 562 g/mol. The molecule has 6 nitrogen and oxygen atoms in total. The second kappa shape index (κ2) is 10.6. The molecular weight excluding hydrogens is 521 g/mol. The first-order chi connectivity index (χ1) is 19.9. The van der Waals surface area contributed by atoms with E-state index in [0.29, 0.717) is 24.8 Å². The number of rotatable bonds is 6. The Morgan fingerprint density at radius 2 is 1.93 bits per heavy atom. The van der Waals surface area contributed by atoms with Crippen molar-refractivity contribution in [2.24, 2.45) is 29.1 Å². The number of esters is 1. The molecule has 0 radical (unpaired) electrons. The number of halogens is 1. The maximum atomic E-state index is 13.7. The van der Waals surface area contributed by atoms with E-state index >= 15 is 0 Å². The fraction of sp³-hybridized carbons (Fsp3) is 0.559. The first-order valence-electron chi connectivity index (χ1n) is 15.3. The number of carbonyl (C=O) groups excluding carboxylic acids is 1. The largest absolute Gasteiger partial charge is 0.493 e. The minimum atomic E-state index is -0.223. The number of allylic oxidation sites excluding steroid dienone is 1. The number of hydrogen-bond donors (Lipinski definition) is 0. The molecule has 0 unspecified atom stereocenters. The van der Waals surface area contributed by atoms with Gasteiger partial charge < -0.3 is 23.8 Å². The van der Waals surface area contributed by atoms with Crippen LogP contribution >= 0.6 is 0 Å². The van der Waals surface area contributed by atoms with Gasteiger partial charge in [0.1, 0.15) is 17.7 Å². The summed E-state index contributed by atoms with van der Waals surface area (Å²) in [6.07, 6.45) is 7.99. The second-order valence-electron chi connectivity index (χ2n) is 13.1. The van der Waals surface area contributed by atoms with Crippen molar-refractivity contribution >= 4 is 5.97 Å². The summed E-state index contributed by atoms with van der Waals surface area (Å²) in [5.74, 6) is 2.92. The molecule has 0 amide bonds. The van der Waals surface area contributed by atoms with E-state index in [-0.39, 0.29) is 53.8 Å². The van der Waals surface area contributed by atoms with E-state index in [1.807, 2.05) is 30.3 Å². The zero-order valence-electron chi connectivity index (χ0n) is 24.0. The highest BCUT2D eigenvalue weighted by molar-refractivity contribution is 5.76. The number of carbonyl (C=O) groups is 1. The van der Waals surface area contributed by atoms with Gasteiger partial charge in [0, 0.05) is 31.0 Å². The average Bonchev–Trinajstić information content (AvgIpc) is 3.54. The van der Waals surface area contributed by atoms with Crippen LogP contribution < -0.4 is 14.2 Å². The number of piperidine rings is 1. The predicted molar refractivity (Wildman–Crippen MR) is 152 cm³/mol. The second-order valence-corrected chi connectivity index (χ2v) is 13.1. The Bertz CT molecular complexity index is 1330. The van der Waals surface area contributed by atoms with Crippen LogP contribution in [0.4, 0.5) is 4.39 Å². The topological polar surface area (TPSA) is 57.2 Å². The Kier molecular flexibility index (Phi) is 6.96. The smallest absolute Gasteiger partial charge is 0.311 e.